The van der Waals surface area contributed by atoms with Crippen LogP contribution < -0.4 is 11.1 Å². The molecule has 1 unspecified atom stereocenters. The highest BCUT2D eigenvalue weighted by Gasteiger charge is 2.19. The van der Waals surface area contributed by atoms with Gasteiger partial charge >= 0.3 is 0 Å². The summed E-state index contributed by atoms with van der Waals surface area (Å²) >= 11 is 2.97. The van der Waals surface area contributed by atoms with Crippen LogP contribution in [0.4, 0.5) is 8.78 Å². The average Bonchev–Trinajstić information content (AvgIpc) is 2.51. The molecule has 1 atom stereocenters. The molecule has 0 aliphatic heterocycles. The third kappa shape index (κ3) is 4.39. The van der Waals surface area contributed by atoms with Crippen molar-refractivity contribution in [2.45, 2.75) is 25.8 Å². The molecule has 2 aromatic carbocycles. The Labute approximate surface area is 148 Å². The highest BCUT2D eigenvalue weighted by molar-refractivity contribution is 9.10. The number of hydrogen-bond donors (Lipinski definition) is 2. The van der Waals surface area contributed by atoms with E-state index in [0.29, 0.717) is 5.92 Å². The van der Waals surface area contributed by atoms with E-state index in [2.05, 4.69) is 35.1 Å². The van der Waals surface area contributed by atoms with Gasteiger partial charge in [-0.3, -0.25) is 4.79 Å². The molecular formula is C18H19BrF2N2O. The zero-order valence-corrected chi connectivity index (χ0v) is 15.0. The zero-order valence-electron chi connectivity index (χ0n) is 13.4. The SMILES string of the molecule is CC(C)c1ccc(C(N)CNC(=O)c2c(F)cc(Br)cc2F)cc1. The van der Waals surface area contributed by atoms with Gasteiger partial charge in [-0.2, -0.15) is 0 Å². The van der Waals surface area contributed by atoms with E-state index in [0.717, 1.165) is 17.7 Å². The summed E-state index contributed by atoms with van der Waals surface area (Å²) in [5, 5.41) is 2.48. The van der Waals surface area contributed by atoms with Crippen LogP contribution in [0, 0.1) is 11.6 Å². The second kappa shape index (κ2) is 7.85. The summed E-state index contributed by atoms with van der Waals surface area (Å²) in [5.74, 6) is -2.26. The van der Waals surface area contributed by atoms with Gasteiger partial charge in [0.1, 0.15) is 17.2 Å². The summed E-state index contributed by atoms with van der Waals surface area (Å²) in [4.78, 5) is 12.0. The third-order valence-electron chi connectivity index (χ3n) is 3.75. The first-order valence-electron chi connectivity index (χ1n) is 7.57. The van der Waals surface area contributed by atoms with E-state index in [1.807, 2.05) is 24.3 Å². The maximum atomic E-state index is 13.8. The van der Waals surface area contributed by atoms with Crippen molar-refractivity contribution in [3.05, 3.63) is 69.2 Å². The number of nitrogens with one attached hydrogen (secondary N) is 1. The van der Waals surface area contributed by atoms with Gasteiger partial charge in [0, 0.05) is 17.1 Å². The van der Waals surface area contributed by atoms with Gasteiger partial charge in [-0.1, -0.05) is 54.0 Å². The standard InChI is InChI=1S/C18H19BrF2N2O/c1-10(2)11-3-5-12(6-4-11)16(22)9-23-18(24)17-14(20)7-13(19)8-15(17)21/h3-8,10,16H,9,22H2,1-2H3,(H,23,24). The maximum absolute atomic E-state index is 13.8. The van der Waals surface area contributed by atoms with Gasteiger partial charge < -0.3 is 11.1 Å². The maximum Gasteiger partial charge on any atom is 0.257 e. The van der Waals surface area contributed by atoms with E-state index in [9.17, 15) is 13.6 Å². The Morgan fingerprint density at radius 3 is 2.12 bits per heavy atom. The lowest BCUT2D eigenvalue weighted by Crippen LogP contribution is -2.33. The first-order valence-corrected chi connectivity index (χ1v) is 8.37. The van der Waals surface area contributed by atoms with Gasteiger partial charge in [-0.05, 0) is 29.2 Å². The molecule has 0 spiro atoms. The van der Waals surface area contributed by atoms with Crippen molar-refractivity contribution in [3.8, 4) is 0 Å². The van der Waals surface area contributed by atoms with E-state index < -0.39 is 29.1 Å². The van der Waals surface area contributed by atoms with Crippen molar-refractivity contribution in [3.63, 3.8) is 0 Å². The van der Waals surface area contributed by atoms with Gasteiger partial charge in [0.05, 0.1) is 0 Å². The molecule has 0 bridgehead atoms. The monoisotopic (exact) mass is 396 g/mol. The lowest BCUT2D eigenvalue weighted by molar-refractivity contribution is 0.0942. The van der Waals surface area contributed by atoms with Crippen LogP contribution in [-0.4, -0.2) is 12.5 Å². The molecule has 0 radical (unpaired) electrons. The lowest BCUT2D eigenvalue weighted by Gasteiger charge is -2.15. The zero-order chi connectivity index (χ0) is 17.9. The summed E-state index contributed by atoms with van der Waals surface area (Å²) in [6, 6.07) is 9.38. The Bertz CT molecular complexity index is 709. The molecule has 6 heteroatoms. The normalized spacial score (nSPS) is 12.3. The Morgan fingerprint density at radius 1 is 1.12 bits per heavy atom. The highest BCUT2D eigenvalue weighted by atomic mass is 79.9. The summed E-state index contributed by atoms with van der Waals surface area (Å²) in [5.41, 5.74) is 7.46. The summed E-state index contributed by atoms with van der Waals surface area (Å²) < 4.78 is 27.8. The minimum Gasteiger partial charge on any atom is -0.350 e. The number of carbonyl (C=O) groups is 1. The minimum absolute atomic E-state index is 0.0782. The fourth-order valence-corrected chi connectivity index (χ4v) is 2.70. The van der Waals surface area contributed by atoms with Crippen LogP contribution >= 0.6 is 15.9 Å². The first kappa shape index (κ1) is 18.5. The van der Waals surface area contributed by atoms with Crippen LogP contribution in [0.3, 0.4) is 0 Å². The van der Waals surface area contributed by atoms with E-state index >= 15 is 0 Å². The minimum atomic E-state index is -0.922. The summed E-state index contributed by atoms with van der Waals surface area (Å²) in [7, 11) is 0. The van der Waals surface area contributed by atoms with Crippen molar-refractivity contribution < 1.29 is 13.6 Å². The Balaban J connectivity index is 2.03. The quantitative estimate of drug-likeness (QED) is 0.792. The number of hydrogen-bond acceptors (Lipinski definition) is 2. The van der Waals surface area contributed by atoms with Crippen LogP contribution in [0.15, 0.2) is 40.9 Å². The smallest absolute Gasteiger partial charge is 0.257 e. The van der Waals surface area contributed by atoms with Crippen LogP contribution in [-0.2, 0) is 0 Å². The van der Waals surface area contributed by atoms with E-state index in [4.69, 9.17) is 5.73 Å². The molecule has 2 aromatic rings. The number of halogens is 3. The fourth-order valence-electron chi connectivity index (χ4n) is 2.30. The van der Waals surface area contributed by atoms with Gasteiger partial charge in [0.2, 0.25) is 0 Å². The molecule has 0 heterocycles. The molecule has 24 heavy (non-hydrogen) atoms. The summed E-state index contributed by atoms with van der Waals surface area (Å²) in [6.45, 7) is 4.27. The van der Waals surface area contributed by atoms with Gasteiger partial charge in [0.25, 0.3) is 5.91 Å². The Hall–Kier alpha value is -1.79. The molecule has 0 saturated heterocycles. The Kier molecular flexibility index (Phi) is 6.07. The molecule has 0 aliphatic rings. The van der Waals surface area contributed by atoms with Crippen molar-refractivity contribution in [1.29, 1.82) is 0 Å². The Morgan fingerprint density at radius 2 is 1.62 bits per heavy atom. The molecule has 0 aromatic heterocycles. The molecule has 2 rings (SSSR count). The first-order chi connectivity index (χ1) is 11.3. The van der Waals surface area contributed by atoms with Crippen LogP contribution in [0.1, 0.15) is 47.3 Å². The van der Waals surface area contributed by atoms with Crippen molar-refractivity contribution in [2.75, 3.05) is 6.54 Å². The molecule has 128 valence electrons. The molecule has 1 amide bonds. The molecule has 0 fully saturated rings. The van der Waals surface area contributed by atoms with Crippen molar-refractivity contribution in [1.82, 2.24) is 5.32 Å². The van der Waals surface area contributed by atoms with Crippen LogP contribution in [0.2, 0.25) is 0 Å². The van der Waals surface area contributed by atoms with Crippen LogP contribution in [0.5, 0.6) is 0 Å². The van der Waals surface area contributed by atoms with Gasteiger partial charge in [-0.25, -0.2) is 8.78 Å². The molecule has 0 saturated carbocycles. The number of nitrogens with two attached hydrogens (primary N) is 1. The van der Waals surface area contributed by atoms with Gasteiger partial charge in [-0.15, -0.1) is 0 Å². The second-order valence-electron chi connectivity index (χ2n) is 5.88. The largest absolute Gasteiger partial charge is 0.350 e. The predicted octanol–water partition coefficient (Wildman–Crippen LogP) is 4.28. The van der Waals surface area contributed by atoms with E-state index in [1.165, 1.54) is 5.56 Å². The third-order valence-corrected chi connectivity index (χ3v) is 4.21. The molecular weight excluding hydrogens is 378 g/mol. The average molecular weight is 397 g/mol. The molecule has 0 aliphatic carbocycles. The van der Waals surface area contributed by atoms with Crippen molar-refractivity contribution in [2.24, 2.45) is 5.73 Å². The predicted molar refractivity (Wildman–Crippen MR) is 93.9 cm³/mol. The number of rotatable bonds is 5. The van der Waals surface area contributed by atoms with Crippen molar-refractivity contribution >= 4 is 21.8 Å². The van der Waals surface area contributed by atoms with Gasteiger partial charge in [0.15, 0.2) is 0 Å². The second-order valence-corrected chi connectivity index (χ2v) is 6.80. The topological polar surface area (TPSA) is 55.1 Å². The number of carbonyl (C=O) groups excluding carboxylic acids is 1. The lowest BCUT2D eigenvalue weighted by atomic mass is 9.99. The molecule has 3 N–H and O–H groups in total. The fraction of sp³-hybridized carbons (Fsp3) is 0.278. The van der Waals surface area contributed by atoms with E-state index in [1.54, 1.807) is 0 Å². The highest BCUT2D eigenvalue weighted by Crippen LogP contribution is 2.20. The van der Waals surface area contributed by atoms with E-state index in [-0.39, 0.29) is 11.0 Å². The number of amides is 1. The van der Waals surface area contributed by atoms with Crippen LogP contribution in [0.25, 0.3) is 0 Å². The molecule has 3 nitrogen and oxygen atoms in total. The summed E-state index contributed by atoms with van der Waals surface area (Å²) in [6.07, 6.45) is 0. The number of benzene rings is 2.